The topological polar surface area (TPSA) is 3.24 Å². The van der Waals surface area contributed by atoms with E-state index in [1.54, 1.807) is 0 Å². The maximum Gasteiger partial charge on any atom is 0.0726 e. The van der Waals surface area contributed by atoms with E-state index in [2.05, 4.69) is 298 Å². The van der Waals surface area contributed by atoms with Gasteiger partial charge in [-0.15, -0.1) is 0 Å². The fourth-order valence-electron chi connectivity index (χ4n) is 13.2. The Kier molecular flexibility index (Phi) is 10.4. The summed E-state index contributed by atoms with van der Waals surface area (Å²) < 4.78 is 0. The lowest BCUT2D eigenvalue weighted by Crippen LogP contribution is -2.28. The molecule has 0 saturated heterocycles. The molecule has 0 radical (unpaired) electrons. The minimum absolute atomic E-state index is 0.0164. The molecule has 1 heteroatoms. The predicted molar refractivity (Wildman–Crippen MR) is 316 cm³/mol. The number of hydrogen-bond acceptors (Lipinski definition) is 1. The predicted octanol–water partition coefficient (Wildman–Crippen LogP) is 19.4. The average Bonchev–Trinajstić information content (AvgIpc) is 4.16. The lowest BCUT2D eigenvalue weighted by Gasteiger charge is -2.35. The summed E-state index contributed by atoms with van der Waals surface area (Å²) in [6.07, 6.45) is 0. The Labute approximate surface area is 445 Å². The van der Waals surface area contributed by atoms with Gasteiger partial charge in [-0.3, -0.25) is 0 Å². The molecule has 1 spiro atoms. The molecule has 0 aliphatic heterocycles. The van der Waals surface area contributed by atoms with Crippen LogP contribution in [0.25, 0.3) is 44.5 Å². The third-order valence-electron chi connectivity index (χ3n) is 17.0. The Morgan fingerprint density at radius 1 is 0.253 bits per heavy atom. The summed E-state index contributed by atoms with van der Waals surface area (Å²) in [5, 5.41) is 0. The number of hydrogen-bond donors (Lipinski definition) is 0. The summed E-state index contributed by atoms with van der Waals surface area (Å²) in [5.41, 5.74) is 27.0. The van der Waals surface area contributed by atoms with Gasteiger partial charge in [-0.1, -0.05) is 256 Å². The fourth-order valence-corrected chi connectivity index (χ4v) is 13.2. The first-order valence-electron chi connectivity index (χ1n) is 27.0. The third-order valence-corrected chi connectivity index (χ3v) is 17.0. The van der Waals surface area contributed by atoms with E-state index in [-0.39, 0.29) is 16.2 Å². The van der Waals surface area contributed by atoms with Gasteiger partial charge in [-0.2, -0.15) is 0 Å². The van der Waals surface area contributed by atoms with Crippen molar-refractivity contribution in [3.05, 3.63) is 292 Å². The number of anilines is 3. The lowest BCUT2D eigenvalue weighted by atomic mass is 9.67. The van der Waals surface area contributed by atoms with Crippen LogP contribution in [-0.2, 0) is 27.1 Å². The molecule has 10 aromatic rings. The smallest absolute Gasteiger partial charge is 0.0726 e. The van der Waals surface area contributed by atoms with E-state index in [9.17, 15) is 0 Å². The summed E-state index contributed by atoms with van der Waals surface area (Å²) >= 11 is 0. The van der Waals surface area contributed by atoms with Gasteiger partial charge in [-0.05, 0) is 158 Å². The van der Waals surface area contributed by atoms with Crippen molar-refractivity contribution in [3.8, 4) is 44.5 Å². The van der Waals surface area contributed by atoms with Gasteiger partial charge in [0, 0.05) is 17.1 Å². The van der Waals surface area contributed by atoms with Crippen molar-refractivity contribution in [2.45, 2.75) is 89.4 Å². The molecule has 10 aromatic carbocycles. The van der Waals surface area contributed by atoms with Crippen LogP contribution < -0.4 is 4.90 Å². The van der Waals surface area contributed by atoms with Crippen LogP contribution in [0.1, 0.15) is 124 Å². The first-order valence-corrected chi connectivity index (χ1v) is 27.0. The van der Waals surface area contributed by atoms with E-state index < -0.39 is 10.8 Å². The highest BCUT2D eigenvalue weighted by Gasteiger charge is 2.53. The van der Waals surface area contributed by atoms with E-state index in [0.717, 1.165) is 17.1 Å². The quantitative estimate of drug-likeness (QED) is 0.160. The highest BCUT2D eigenvalue weighted by Crippen LogP contribution is 2.65. The SMILES string of the molecule is CC(C)(C)c1ccc2c(c1)-c1cc(C(C)(C)C)ccc1C21c2ccc(C(C)(C)C)cc2-c2ccc(N(c3cccc(-c4ccccc4)c3)c3ccc4c(c3)C(c3ccccc3)(c3ccccc3)c3ccccc3-4)cc21. The van der Waals surface area contributed by atoms with Crippen molar-refractivity contribution in [1.82, 2.24) is 0 Å². The van der Waals surface area contributed by atoms with Gasteiger partial charge in [0.1, 0.15) is 0 Å². The first kappa shape index (κ1) is 46.8. The minimum Gasteiger partial charge on any atom is -0.310 e. The second-order valence-corrected chi connectivity index (χ2v) is 24.5. The van der Waals surface area contributed by atoms with E-state index in [1.807, 2.05) is 0 Å². The highest BCUT2D eigenvalue weighted by atomic mass is 15.1. The minimum atomic E-state index is -0.554. The summed E-state index contributed by atoms with van der Waals surface area (Å²) in [7, 11) is 0. The maximum atomic E-state index is 2.57. The van der Waals surface area contributed by atoms with Crippen molar-refractivity contribution < 1.29 is 0 Å². The molecule has 0 N–H and O–H groups in total. The second-order valence-electron chi connectivity index (χ2n) is 24.5. The lowest BCUT2D eigenvalue weighted by molar-refractivity contribution is 0.589. The van der Waals surface area contributed by atoms with Crippen LogP contribution in [0, 0.1) is 0 Å². The number of fused-ring (bicyclic) bond motifs is 13. The zero-order valence-corrected chi connectivity index (χ0v) is 44.9. The van der Waals surface area contributed by atoms with Crippen molar-refractivity contribution in [3.63, 3.8) is 0 Å². The number of benzene rings is 10. The van der Waals surface area contributed by atoms with Crippen LogP contribution in [0.4, 0.5) is 17.1 Å². The Bertz CT molecular complexity index is 3770. The average molecular weight is 968 g/mol. The standard InChI is InChI=1S/C74H65N/c1-70(2,3)52-32-39-65-61(43-52)60-38-36-57(47-69(60)74(65)66-40-33-53(71(4,5)6)44-62(66)63-45-54(72(7,8)9)34-41-67(63)74)75(55-29-21-24-49(42-55)48-22-13-10-14-23-48)56-35-37-59-58-30-19-20-31-64(58)73(68(59)46-56,50-25-15-11-16-26-50)51-27-17-12-18-28-51/h10-47H,1-9H3. The van der Waals surface area contributed by atoms with Gasteiger partial charge in [0.25, 0.3) is 0 Å². The molecule has 3 aliphatic rings. The molecular weight excluding hydrogens is 903 g/mol. The van der Waals surface area contributed by atoms with Crippen LogP contribution >= 0.6 is 0 Å². The van der Waals surface area contributed by atoms with Crippen molar-refractivity contribution in [2.75, 3.05) is 4.90 Å². The molecule has 0 fully saturated rings. The van der Waals surface area contributed by atoms with E-state index in [1.165, 1.54) is 106 Å². The summed E-state index contributed by atoms with van der Waals surface area (Å²) in [4.78, 5) is 2.54. The molecular formula is C74H65N. The van der Waals surface area contributed by atoms with Gasteiger partial charge in [0.2, 0.25) is 0 Å². The molecule has 1 nitrogen and oxygen atoms in total. The molecule has 0 bridgehead atoms. The Morgan fingerprint density at radius 2 is 0.627 bits per heavy atom. The second kappa shape index (κ2) is 16.8. The zero-order chi connectivity index (χ0) is 51.6. The highest BCUT2D eigenvalue weighted by molar-refractivity contribution is 5.98. The third kappa shape index (κ3) is 7.04. The Hall–Kier alpha value is -8.00. The molecule has 13 rings (SSSR count). The molecule has 0 aromatic heterocycles. The number of rotatable bonds is 6. The van der Waals surface area contributed by atoms with Gasteiger partial charge >= 0.3 is 0 Å². The number of nitrogens with zero attached hydrogens (tertiary/aromatic N) is 1. The normalized spacial score (nSPS) is 14.4. The summed E-state index contributed by atoms with van der Waals surface area (Å²) in [5.74, 6) is 0. The molecule has 0 unspecified atom stereocenters. The van der Waals surface area contributed by atoms with Gasteiger partial charge in [-0.25, -0.2) is 0 Å². The maximum absolute atomic E-state index is 2.57. The largest absolute Gasteiger partial charge is 0.310 e. The monoisotopic (exact) mass is 968 g/mol. The van der Waals surface area contributed by atoms with E-state index in [4.69, 9.17) is 0 Å². The Balaban J connectivity index is 1.11. The Morgan fingerprint density at radius 3 is 1.12 bits per heavy atom. The molecule has 0 atom stereocenters. The fraction of sp³-hybridized carbons (Fsp3) is 0.189. The van der Waals surface area contributed by atoms with Crippen LogP contribution in [0.2, 0.25) is 0 Å². The van der Waals surface area contributed by atoms with Crippen molar-refractivity contribution in [2.24, 2.45) is 0 Å². The molecule has 0 heterocycles. The summed E-state index contributed by atoms with van der Waals surface area (Å²) in [6, 6.07) is 88.3. The molecule has 75 heavy (non-hydrogen) atoms. The van der Waals surface area contributed by atoms with Gasteiger partial charge in [0.05, 0.1) is 10.8 Å². The van der Waals surface area contributed by atoms with E-state index >= 15 is 0 Å². The van der Waals surface area contributed by atoms with Gasteiger partial charge in [0.15, 0.2) is 0 Å². The molecule has 0 saturated carbocycles. The van der Waals surface area contributed by atoms with Crippen LogP contribution in [0.3, 0.4) is 0 Å². The molecule has 0 amide bonds. The zero-order valence-electron chi connectivity index (χ0n) is 44.9. The van der Waals surface area contributed by atoms with Crippen LogP contribution in [0.15, 0.2) is 231 Å². The first-order chi connectivity index (χ1) is 36.1. The van der Waals surface area contributed by atoms with Crippen LogP contribution in [0.5, 0.6) is 0 Å². The summed E-state index contributed by atoms with van der Waals surface area (Å²) in [6.45, 7) is 21.1. The van der Waals surface area contributed by atoms with Crippen LogP contribution in [-0.4, -0.2) is 0 Å². The van der Waals surface area contributed by atoms with Crippen molar-refractivity contribution >= 4 is 17.1 Å². The molecule has 3 aliphatic carbocycles. The molecule has 366 valence electrons. The van der Waals surface area contributed by atoms with Gasteiger partial charge < -0.3 is 4.90 Å². The van der Waals surface area contributed by atoms with Crippen molar-refractivity contribution in [1.29, 1.82) is 0 Å². The van der Waals surface area contributed by atoms with E-state index in [0.29, 0.717) is 0 Å².